The molecule has 2 atom stereocenters. The highest BCUT2D eigenvalue weighted by atomic mass is 16.3. The number of hydrogen-bond acceptors (Lipinski definition) is 3. The van der Waals surface area contributed by atoms with Crippen molar-refractivity contribution >= 4 is 0 Å². The van der Waals surface area contributed by atoms with Gasteiger partial charge in [0.1, 0.15) is 0 Å². The first kappa shape index (κ1) is 11.2. The van der Waals surface area contributed by atoms with Crippen molar-refractivity contribution in [3.8, 4) is 0 Å². The van der Waals surface area contributed by atoms with Gasteiger partial charge >= 0.3 is 0 Å². The van der Waals surface area contributed by atoms with Crippen LogP contribution in [0.25, 0.3) is 0 Å². The summed E-state index contributed by atoms with van der Waals surface area (Å²) >= 11 is 0. The van der Waals surface area contributed by atoms with Crippen LogP contribution in [-0.4, -0.2) is 27.5 Å². The molecule has 1 aromatic heterocycles. The monoisotopic (exact) mass is 197 g/mol. The second-order valence-corrected chi connectivity index (χ2v) is 3.75. The van der Waals surface area contributed by atoms with Crippen LogP contribution in [0.4, 0.5) is 0 Å². The molecule has 0 fully saturated rings. The Labute approximate surface area is 84.9 Å². The molecule has 0 aromatic carbocycles. The molecule has 0 aliphatic heterocycles. The summed E-state index contributed by atoms with van der Waals surface area (Å²) in [6.45, 7) is 4.40. The largest absolute Gasteiger partial charge is 0.396 e. The summed E-state index contributed by atoms with van der Waals surface area (Å²) < 4.78 is 1.80. The van der Waals surface area contributed by atoms with Crippen LogP contribution < -0.4 is 5.32 Å². The highest BCUT2D eigenvalue weighted by Crippen LogP contribution is 2.11. The van der Waals surface area contributed by atoms with Crippen LogP contribution >= 0.6 is 0 Å². The van der Waals surface area contributed by atoms with E-state index in [-0.39, 0.29) is 12.6 Å². The molecule has 0 amide bonds. The Balaban J connectivity index is 2.45. The van der Waals surface area contributed by atoms with Crippen molar-refractivity contribution in [3.05, 3.63) is 18.0 Å². The van der Waals surface area contributed by atoms with Crippen LogP contribution in [0.15, 0.2) is 12.4 Å². The zero-order chi connectivity index (χ0) is 10.6. The molecule has 14 heavy (non-hydrogen) atoms. The second-order valence-electron chi connectivity index (χ2n) is 3.75. The molecule has 4 heteroatoms. The van der Waals surface area contributed by atoms with Crippen LogP contribution in [0.3, 0.4) is 0 Å². The van der Waals surface area contributed by atoms with E-state index in [2.05, 4.69) is 24.3 Å². The van der Waals surface area contributed by atoms with Crippen molar-refractivity contribution in [2.45, 2.75) is 32.4 Å². The first-order chi connectivity index (χ1) is 6.63. The molecule has 1 rings (SSSR count). The lowest BCUT2D eigenvalue weighted by Gasteiger charge is -2.17. The normalized spacial score (nSPS) is 15.4. The van der Waals surface area contributed by atoms with E-state index in [9.17, 15) is 0 Å². The number of nitrogens with one attached hydrogen (secondary N) is 1. The molecule has 1 aromatic rings. The van der Waals surface area contributed by atoms with Gasteiger partial charge in [-0.05, 0) is 20.3 Å². The maximum absolute atomic E-state index is 8.77. The fourth-order valence-corrected chi connectivity index (χ4v) is 1.46. The van der Waals surface area contributed by atoms with E-state index in [1.54, 1.807) is 4.68 Å². The number of nitrogens with zero attached hydrogens (tertiary/aromatic N) is 2. The zero-order valence-corrected chi connectivity index (χ0v) is 9.07. The molecule has 0 saturated carbocycles. The summed E-state index contributed by atoms with van der Waals surface area (Å²) in [5.74, 6) is 0. The zero-order valence-electron chi connectivity index (χ0n) is 9.07. The molecule has 1 unspecified atom stereocenters. The molecular weight excluding hydrogens is 178 g/mol. The second kappa shape index (κ2) is 5.12. The molecule has 0 spiro atoms. The predicted octanol–water partition coefficient (Wildman–Crippen LogP) is 0.842. The summed E-state index contributed by atoms with van der Waals surface area (Å²) in [6, 6.07) is 0.612. The first-order valence-electron chi connectivity index (χ1n) is 4.99. The molecule has 0 radical (unpaired) electrons. The summed E-state index contributed by atoms with van der Waals surface area (Å²) in [4.78, 5) is 0. The van der Waals surface area contributed by atoms with E-state index in [1.807, 2.05) is 19.4 Å². The van der Waals surface area contributed by atoms with Gasteiger partial charge < -0.3 is 10.4 Å². The molecule has 2 N–H and O–H groups in total. The predicted molar refractivity (Wildman–Crippen MR) is 55.9 cm³/mol. The minimum atomic E-state index is 0.230. The Bertz CT molecular complexity index is 272. The van der Waals surface area contributed by atoms with Gasteiger partial charge in [0.2, 0.25) is 0 Å². The summed E-state index contributed by atoms with van der Waals surface area (Å²) in [7, 11) is 1.91. The molecule has 0 bridgehead atoms. The topological polar surface area (TPSA) is 50.1 Å². The maximum atomic E-state index is 8.77. The van der Waals surface area contributed by atoms with Crippen LogP contribution in [0.2, 0.25) is 0 Å². The quantitative estimate of drug-likeness (QED) is 0.735. The van der Waals surface area contributed by atoms with Gasteiger partial charge in [-0.3, -0.25) is 4.68 Å². The Morgan fingerprint density at radius 2 is 2.29 bits per heavy atom. The number of hydrogen-bond donors (Lipinski definition) is 2. The van der Waals surface area contributed by atoms with Gasteiger partial charge in [0, 0.05) is 37.5 Å². The van der Waals surface area contributed by atoms with Gasteiger partial charge in [-0.15, -0.1) is 0 Å². The van der Waals surface area contributed by atoms with Crippen molar-refractivity contribution in [2.75, 3.05) is 6.61 Å². The number of aliphatic hydroxyl groups excluding tert-OH is 1. The lowest BCUT2D eigenvalue weighted by Crippen LogP contribution is -2.29. The van der Waals surface area contributed by atoms with Crippen LogP contribution in [0.1, 0.15) is 31.9 Å². The third-order valence-electron chi connectivity index (χ3n) is 2.32. The van der Waals surface area contributed by atoms with Crippen LogP contribution in [0, 0.1) is 0 Å². The minimum Gasteiger partial charge on any atom is -0.396 e. The maximum Gasteiger partial charge on any atom is 0.0537 e. The average Bonchev–Trinajstić information content (AvgIpc) is 2.52. The number of aryl methyl sites for hydroxylation is 1. The van der Waals surface area contributed by atoms with Crippen molar-refractivity contribution in [1.29, 1.82) is 0 Å². The molecule has 80 valence electrons. The Morgan fingerprint density at radius 1 is 1.57 bits per heavy atom. The summed E-state index contributed by atoms with van der Waals surface area (Å²) in [5.41, 5.74) is 1.18. The third-order valence-corrected chi connectivity index (χ3v) is 2.32. The Hall–Kier alpha value is -0.870. The van der Waals surface area contributed by atoms with Gasteiger partial charge in [0.25, 0.3) is 0 Å². The summed E-state index contributed by atoms with van der Waals surface area (Å²) in [5, 5.41) is 16.3. The van der Waals surface area contributed by atoms with Crippen molar-refractivity contribution in [1.82, 2.24) is 15.1 Å². The van der Waals surface area contributed by atoms with Crippen LogP contribution in [-0.2, 0) is 7.05 Å². The highest BCUT2D eigenvalue weighted by Gasteiger charge is 2.09. The minimum absolute atomic E-state index is 0.230. The fraction of sp³-hybridized carbons (Fsp3) is 0.700. The van der Waals surface area contributed by atoms with Gasteiger partial charge in [-0.2, -0.15) is 5.10 Å². The third kappa shape index (κ3) is 3.12. The number of rotatable bonds is 5. The van der Waals surface area contributed by atoms with E-state index in [0.29, 0.717) is 6.04 Å². The lowest BCUT2D eigenvalue weighted by atomic mass is 10.1. The van der Waals surface area contributed by atoms with E-state index in [0.717, 1.165) is 6.42 Å². The summed E-state index contributed by atoms with van der Waals surface area (Å²) in [6.07, 6.45) is 4.65. The Morgan fingerprint density at radius 3 is 2.79 bits per heavy atom. The highest BCUT2D eigenvalue weighted by molar-refractivity contribution is 5.09. The van der Waals surface area contributed by atoms with E-state index in [4.69, 9.17) is 5.11 Å². The van der Waals surface area contributed by atoms with Crippen LogP contribution in [0.5, 0.6) is 0 Å². The van der Waals surface area contributed by atoms with Gasteiger partial charge in [-0.1, -0.05) is 0 Å². The van der Waals surface area contributed by atoms with Gasteiger partial charge in [0.05, 0.1) is 6.20 Å². The number of aliphatic hydroxyl groups is 1. The van der Waals surface area contributed by atoms with Crippen molar-refractivity contribution in [2.24, 2.45) is 7.05 Å². The molecule has 0 saturated heterocycles. The van der Waals surface area contributed by atoms with Gasteiger partial charge in [0.15, 0.2) is 0 Å². The Kier molecular flexibility index (Phi) is 4.10. The van der Waals surface area contributed by atoms with E-state index >= 15 is 0 Å². The van der Waals surface area contributed by atoms with Crippen molar-refractivity contribution in [3.63, 3.8) is 0 Å². The lowest BCUT2D eigenvalue weighted by molar-refractivity contribution is 0.264. The smallest absolute Gasteiger partial charge is 0.0537 e. The molecule has 4 nitrogen and oxygen atoms in total. The average molecular weight is 197 g/mol. The first-order valence-corrected chi connectivity index (χ1v) is 4.99. The standard InChI is InChI=1S/C10H19N3O/c1-8(4-5-14)12-9(2)10-6-11-13(3)7-10/h6-9,12,14H,4-5H2,1-3H3/t8-,9?/m1/s1. The molecule has 0 aliphatic carbocycles. The van der Waals surface area contributed by atoms with Gasteiger partial charge in [-0.25, -0.2) is 0 Å². The van der Waals surface area contributed by atoms with E-state index < -0.39 is 0 Å². The molecular formula is C10H19N3O. The fourth-order valence-electron chi connectivity index (χ4n) is 1.46. The molecule has 1 heterocycles. The molecule has 0 aliphatic rings. The van der Waals surface area contributed by atoms with Crippen molar-refractivity contribution < 1.29 is 5.11 Å². The van der Waals surface area contributed by atoms with E-state index in [1.165, 1.54) is 5.56 Å². The number of aromatic nitrogens is 2. The SMILES string of the molecule is CC(N[C@H](C)CCO)c1cnn(C)c1.